The fourth-order valence-corrected chi connectivity index (χ4v) is 19.3. The molecule has 4 heteroatoms. The molecule has 1 atom stereocenters. The molecule has 7 aromatic carbocycles. The number of hydrogen-bond acceptors (Lipinski definition) is 2. The van der Waals surface area contributed by atoms with Crippen molar-refractivity contribution in [2.24, 2.45) is 0 Å². The van der Waals surface area contributed by atoms with Gasteiger partial charge in [-0.3, -0.25) is 0 Å². The van der Waals surface area contributed by atoms with Gasteiger partial charge in [-0.25, -0.2) is 0 Å². The SMILES string of the molecule is C[Si]1(C)c2ccccc2P(=S)(c2ccccc2)c2ccc(N3c4ccccc4C4(c5ccccc5-c5ccccc54)c4ccccc43)cc21. The van der Waals surface area contributed by atoms with Crippen molar-refractivity contribution in [1.29, 1.82) is 0 Å². The summed E-state index contributed by atoms with van der Waals surface area (Å²) in [4.78, 5) is 2.52. The quantitative estimate of drug-likeness (QED) is 0.133. The van der Waals surface area contributed by atoms with Crippen LogP contribution >= 0.6 is 6.04 Å². The van der Waals surface area contributed by atoms with Crippen LogP contribution in [0.2, 0.25) is 13.1 Å². The summed E-state index contributed by atoms with van der Waals surface area (Å²) in [7, 11) is -2.12. The van der Waals surface area contributed by atoms with E-state index >= 15 is 0 Å². The van der Waals surface area contributed by atoms with E-state index in [-0.39, 0.29) is 0 Å². The van der Waals surface area contributed by atoms with Crippen LogP contribution in [0.1, 0.15) is 22.3 Å². The van der Waals surface area contributed by atoms with Gasteiger partial charge >= 0.3 is 0 Å². The van der Waals surface area contributed by atoms with Crippen LogP contribution in [0.4, 0.5) is 17.1 Å². The highest BCUT2D eigenvalue weighted by Gasteiger charge is 2.52. The maximum atomic E-state index is 6.92. The molecule has 0 fully saturated rings. The summed E-state index contributed by atoms with van der Waals surface area (Å²) in [5.41, 5.74) is 11.2. The summed E-state index contributed by atoms with van der Waals surface area (Å²) < 4.78 is 0. The number of rotatable bonds is 2. The van der Waals surface area contributed by atoms with Gasteiger partial charge in [0.05, 0.1) is 16.8 Å². The van der Waals surface area contributed by atoms with Gasteiger partial charge in [0.2, 0.25) is 0 Å². The summed E-state index contributed by atoms with van der Waals surface area (Å²) in [5.74, 6) is 0. The molecule has 0 N–H and O–H groups in total. The molecule has 0 saturated carbocycles. The molecule has 7 aromatic rings. The van der Waals surface area contributed by atoms with Crippen molar-refractivity contribution in [3.05, 3.63) is 192 Å². The van der Waals surface area contributed by atoms with Crippen molar-refractivity contribution >= 4 is 69.3 Å². The van der Waals surface area contributed by atoms with E-state index in [9.17, 15) is 0 Å². The molecule has 1 aliphatic carbocycles. The smallest absolute Gasteiger partial charge is 0.114 e. The van der Waals surface area contributed by atoms with E-state index in [1.54, 1.807) is 0 Å². The van der Waals surface area contributed by atoms with Crippen molar-refractivity contribution in [3.63, 3.8) is 0 Å². The molecule has 1 spiro atoms. The van der Waals surface area contributed by atoms with E-state index in [4.69, 9.17) is 11.8 Å². The molecule has 0 bridgehead atoms. The first kappa shape index (κ1) is 29.2. The lowest BCUT2D eigenvalue weighted by molar-refractivity contribution is 0.752. The van der Waals surface area contributed by atoms with Crippen LogP contribution < -0.4 is 31.2 Å². The number of nitrogens with zero attached hydrogens (tertiary/aromatic N) is 1. The minimum atomic E-state index is -2.26. The fourth-order valence-electron chi connectivity index (χ4n) is 9.25. The molecule has 0 amide bonds. The molecule has 10 rings (SSSR count). The molecule has 234 valence electrons. The summed E-state index contributed by atoms with van der Waals surface area (Å²) in [6.07, 6.45) is 0. The van der Waals surface area contributed by atoms with Crippen LogP contribution in [0, 0.1) is 0 Å². The Kier molecular flexibility index (Phi) is 6.16. The Morgan fingerprint density at radius 1 is 0.490 bits per heavy atom. The first-order valence-corrected chi connectivity index (χ1v) is 22.9. The van der Waals surface area contributed by atoms with Gasteiger partial charge in [0, 0.05) is 11.7 Å². The Balaban J connectivity index is 1.25. The molecule has 0 aromatic heterocycles. The van der Waals surface area contributed by atoms with Crippen molar-refractivity contribution in [2.45, 2.75) is 18.5 Å². The lowest BCUT2D eigenvalue weighted by atomic mass is 9.64. The standard InChI is InChI=1S/C45H34NPSSi/c1-49(2)43-27-15-14-26-41(43)47(48,32-16-4-3-5-17-32)42-29-28-31(30-44(42)49)46-39-24-12-10-22-37(39)45(38-23-11-13-25-40(38)46)35-20-8-6-18-33(35)34-19-7-9-21-36(34)45/h3-30H,1-2H3. The maximum absolute atomic E-state index is 6.92. The molecule has 0 radical (unpaired) electrons. The zero-order valence-electron chi connectivity index (χ0n) is 27.5. The zero-order chi connectivity index (χ0) is 33.0. The summed E-state index contributed by atoms with van der Waals surface area (Å²) >= 11 is 6.92. The Morgan fingerprint density at radius 2 is 0.980 bits per heavy atom. The third kappa shape index (κ3) is 3.68. The van der Waals surface area contributed by atoms with Crippen LogP contribution in [0.3, 0.4) is 0 Å². The Bertz CT molecular complexity index is 2440. The molecule has 1 unspecified atom stereocenters. The van der Waals surface area contributed by atoms with Crippen LogP contribution in [0.15, 0.2) is 170 Å². The van der Waals surface area contributed by atoms with E-state index in [1.807, 2.05) is 0 Å². The molecule has 0 saturated heterocycles. The minimum Gasteiger partial charge on any atom is -0.310 e. The Hall–Kier alpha value is -4.79. The summed E-state index contributed by atoms with van der Waals surface area (Å²) in [6, 6.07) is 61.2. The van der Waals surface area contributed by atoms with Crippen molar-refractivity contribution in [1.82, 2.24) is 0 Å². The fraction of sp³-hybridized carbons (Fsp3) is 0.0667. The van der Waals surface area contributed by atoms with E-state index in [0.717, 1.165) is 0 Å². The predicted octanol–water partition coefficient (Wildman–Crippen LogP) is 8.72. The maximum Gasteiger partial charge on any atom is 0.114 e. The van der Waals surface area contributed by atoms with E-state index < -0.39 is 19.5 Å². The summed E-state index contributed by atoms with van der Waals surface area (Å²) in [6.45, 7) is 5.02. The molecule has 3 aliphatic rings. The number of fused-ring (bicyclic) bond motifs is 11. The average Bonchev–Trinajstić information content (AvgIpc) is 3.45. The van der Waals surface area contributed by atoms with Crippen molar-refractivity contribution < 1.29 is 0 Å². The van der Waals surface area contributed by atoms with Gasteiger partial charge in [-0.05, 0) is 83.9 Å². The minimum absolute atomic E-state index is 0.410. The number of benzene rings is 7. The van der Waals surface area contributed by atoms with Gasteiger partial charge in [0.25, 0.3) is 0 Å². The Morgan fingerprint density at radius 3 is 1.61 bits per heavy atom. The average molecular weight is 680 g/mol. The molecule has 49 heavy (non-hydrogen) atoms. The zero-order valence-corrected chi connectivity index (χ0v) is 30.2. The predicted molar refractivity (Wildman–Crippen MR) is 215 cm³/mol. The molecular formula is C45H34NPSSi. The third-order valence-electron chi connectivity index (χ3n) is 11.3. The second-order valence-electron chi connectivity index (χ2n) is 14.0. The Labute approximate surface area is 294 Å². The van der Waals surface area contributed by atoms with Crippen molar-refractivity contribution in [3.8, 4) is 11.1 Å². The molecule has 2 aliphatic heterocycles. The third-order valence-corrected chi connectivity index (χ3v) is 20.3. The first-order valence-electron chi connectivity index (χ1n) is 17.1. The van der Waals surface area contributed by atoms with E-state index in [0.29, 0.717) is 0 Å². The lowest BCUT2D eigenvalue weighted by Gasteiger charge is -2.46. The lowest BCUT2D eigenvalue weighted by Crippen LogP contribution is -2.67. The second-order valence-corrected chi connectivity index (χ2v) is 22.7. The van der Waals surface area contributed by atoms with Gasteiger partial charge in [-0.1, -0.05) is 170 Å². The first-order chi connectivity index (χ1) is 24.0. The van der Waals surface area contributed by atoms with Gasteiger partial charge in [0.15, 0.2) is 0 Å². The monoisotopic (exact) mass is 679 g/mol. The van der Waals surface area contributed by atoms with Gasteiger partial charge in [-0.15, -0.1) is 0 Å². The number of para-hydroxylation sites is 2. The molecular weight excluding hydrogens is 646 g/mol. The van der Waals surface area contributed by atoms with E-state index in [2.05, 4.69) is 188 Å². The second kappa shape index (κ2) is 10.4. The van der Waals surface area contributed by atoms with Crippen LogP contribution in [0.25, 0.3) is 11.1 Å². The summed E-state index contributed by atoms with van der Waals surface area (Å²) in [5, 5.41) is 6.95. The molecule has 2 heterocycles. The van der Waals surface area contributed by atoms with Crippen LogP contribution in [-0.4, -0.2) is 8.07 Å². The van der Waals surface area contributed by atoms with Crippen LogP contribution in [-0.2, 0) is 17.2 Å². The molecule has 1 nitrogen and oxygen atoms in total. The van der Waals surface area contributed by atoms with Gasteiger partial charge < -0.3 is 4.90 Å². The number of hydrogen-bond donors (Lipinski definition) is 0. The van der Waals surface area contributed by atoms with E-state index in [1.165, 1.54) is 76.7 Å². The normalized spacial score (nSPS) is 18.4. The highest BCUT2D eigenvalue weighted by Crippen LogP contribution is 2.63. The highest BCUT2D eigenvalue weighted by molar-refractivity contribution is 8.26. The number of anilines is 3. The topological polar surface area (TPSA) is 3.24 Å². The largest absolute Gasteiger partial charge is 0.310 e. The van der Waals surface area contributed by atoms with Crippen molar-refractivity contribution in [2.75, 3.05) is 4.90 Å². The van der Waals surface area contributed by atoms with Gasteiger partial charge in [-0.2, -0.15) is 0 Å². The van der Waals surface area contributed by atoms with Gasteiger partial charge in [0.1, 0.15) is 8.07 Å². The highest BCUT2D eigenvalue weighted by atomic mass is 32.4. The van der Waals surface area contributed by atoms with Crippen LogP contribution in [0.5, 0.6) is 0 Å².